The fraction of sp³-hybridized carbons (Fsp3) is 0.667. The highest BCUT2D eigenvalue weighted by atomic mass is 16.3. The first-order valence-electron chi connectivity index (χ1n) is 9.65. The standard InChI is InChI=1S/C21H29NO2/c23-15-17-8-10-22(11-9-17)20(24)21(13-16-4-2-1-3-5-16)14-18-6-7-19(21)12-18/h1-5,17-19,23H,6-15H2. The second kappa shape index (κ2) is 6.51. The van der Waals surface area contributed by atoms with E-state index in [-0.39, 0.29) is 12.0 Å². The number of aliphatic hydroxyl groups is 1. The third-order valence-corrected chi connectivity index (χ3v) is 6.92. The molecule has 0 radical (unpaired) electrons. The van der Waals surface area contributed by atoms with E-state index in [0.29, 0.717) is 17.7 Å². The highest BCUT2D eigenvalue weighted by Gasteiger charge is 2.56. The van der Waals surface area contributed by atoms with Gasteiger partial charge in [-0.3, -0.25) is 4.79 Å². The third kappa shape index (κ3) is 2.77. The molecule has 0 spiro atoms. The van der Waals surface area contributed by atoms with Crippen LogP contribution in [0, 0.1) is 23.2 Å². The number of hydrogen-bond acceptors (Lipinski definition) is 2. The molecule has 3 heteroatoms. The van der Waals surface area contributed by atoms with E-state index in [9.17, 15) is 9.90 Å². The Balaban J connectivity index is 1.56. The molecule has 3 atom stereocenters. The lowest BCUT2D eigenvalue weighted by Gasteiger charge is -2.42. The maximum absolute atomic E-state index is 13.6. The van der Waals surface area contributed by atoms with E-state index in [1.54, 1.807) is 0 Å². The van der Waals surface area contributed by atoms with Crippen molar-refractivity contribution in [1.82, 2.24) is 4.90 Å². The van der Waals surface area contributed by atoms with E-state index in [1.807, 2.05) is 0 Å². The van der Waals surface area contributed by atoms with Gasteiger partial charge in [-0.1, -0.05) is 36.8 Å². The summed E-state index contributed by atoms with van der Waals surface area (Å²) in [5.41, 5.74) is 1.15. The third-order valence-electron chi connectivity index (χ3n) is 6.92. The van der Waals surface area contributed by atoms with Crippen LogP contribution in [0.3, 0.4) is 0 Å². The number of nitrogens with zero attached hydrogens (tertiary/aromatic N) is 1. The molecule has 1 N–H and O–H groups in total. The largest absolute Gasteiger partial charge is 0.396 e. The van der Waals surface area contributed by atoms with Gasteiger partial charge in [0.25, 0.3) is 0 Å². The highest BCUT2D eigenvalue weighted by Crippen LogP contribution is 2.58. The van der Waals surface area contributed by atoms with Gasteiger partial charge in [-0.2, -0.15) is 0 Å². The highest BCUT2D eigenvalue weighted by molar-refractivity contribution is 5.84. The van der Waals surface area contributed by atoms with Gasteiger partial charge in [0.15, 0.2) is 0 Å². The minimum Gasteiger partial charge on any atom is -0.396 e. The Morgan fingerprint density at radius 3 is 2.46 bits per heavy atom. The van der Waals surface area contributed by atoms with E-state index in [0.717, 1.165) is 44.7 Å². The molecule has 3 nitrogen and oxygen atoms in total. The Bertz CT molecular complexity index is 579. The zero-order valence-corrected chi connectivity index (χ0v) is 14.5. The zero-order chi connectivity index (χ0) is 16.6. The quantitative estimate of drug-likeness (QED) is 0.922. The molecule has 1 aromatic rings. The van der Waals surface area contributed by atoms with Crippen molar-refractivity contribution in [2.24, 2.45) is 23.2 Å². The predicted octanol–water partition coefficient (Wildman–Crippen LogP) is 3.27. The Labute approximate surface area is 145 Å². The zero-order valence-electron chi connectivity index (χ0n) is 14.5. The molecule has 1 aliphatic heterocycles. The molecule has 24 heavy (non-hydrogen) atoms. The number of likely N-dealkylation sites (tertiary alicyclic amines) is 1. The summed E-state index contributed by atoms with van der Waals surface area (Å²) in [5.74, 6) is 2.14. The first kappa shape index (κ1) is 16.1. The summed E-state index contributed by atoms with van der Waals surface area (Å²) in [6.45, 7) is 1.93. The van der Waals surface area contributed by atoms with Crippen LogP contribution in [-0.2, 0) is 11.2 Å². The van der Waals surface area contributed by atoms with Crippen LogP contribution in [0.15, 0.2) is 30.3 Å². The Kier molecular flexibility index (Phi) is 4.38. The number of fused-ring (bicyclic) bond motifs is 2. The molecule has 4 rings (SSSR count). The fourth-order valence-corrected chi connectivity index (χ4v) is 5.59. The minimum absolute atomic E-state index is 0.156. The minimum atomic E-state index is -0.156. The molecule has 2 saturated carbocycles. The average molecular weight is 327 g/mol. The van der Waals surface area contributed by atoms with Gasteiger partial charge >= 0.3 is 0 Å². The summed E-state index contributed by atoms with van der Waals surface area (Å²) >= 11 is 0. The van der Waals surface area contributed by atoms with Gasteiger partial charge in [0.05, 0.1) is 5.41 Å². The van der Waals surface area contributed by atoms with Crippen molar-refractivity contribution < 1.29 is 9.90 Å². The van der Waals surface area contributed by atoms with E-state index in [2.05, 4.69) is 35.2 Å². The molecule has 1 saturated heterocycles. The van der Waals surface area contributed by atoms with Crippen molar-refractivity contribution in [2.75, 3.05) is 19.7 Å². The van der Waals surface area contributed by atoms with Crippen molar-refractivity contribution in [1.29, 1.82) is 0 Å². The number of carbonyl (C=O) groups excluding carboxylic acids is 1. The van der Waals surface area contributed by atoms with E-state index in [1.165, 1.54) is 24.8 Å². The number of carbonyl (C=O) groups is 1. The van der Waals surface area contributed by atoms with Gasteiger partial charge < -0.3 is 10.0 Å². The van der Waals surface area contributed by atoms with Crippen molar-refractivity contribution in [3.63, 3.8) is 0 Å². The Morgan fingerprint density at radius 2 is 1.88 bits per heavy atom. The normalized spacial score (nSPS) is 33.1. The summed E-state index contributed by atoms with van der Waals surface area (Å²) in [6, 6.07) is 10.6. The molecule has 130 valence electrons. The lowest BCUT2D eigenvalue weighted by Crippen LogP contribution is -2.50. The smallest absolute Gasteiger partial charge is 0.229 e. The van der Waals surface area contributed by atoms with Gasteiger partial charge in [0.2, 0.25) is 5.91 Å². The number of hydrogen-bond donors (Lipinski definition) is 1. The monoisotopic (exact) mass is 327 g/mol. The number of aliphatic hydroxyl groups excluding tert-OH is 1. The van der Waals surface area contributed by atoms with Crippen LogP contribution in [0.2, 0.25) is 0 Å². The van der Waals surface area contributed by atoms with Crippen LogP contribution in [0.25, 0.3) is 0 Å². The lowest BCUT2D eigenvalue weighted by molar-refractivity contribution is -0.147. The van der Waals surface area contributed by atoms with Crippen LogP contribution in [0.1, 0.15) is 44.1 Å². The molecule has 1 aromatic carbocycles. The van der Waals surface area contributed by atoms with Crippen LogP contribution in [-0.4, -0.2) is 35.6 Å². The number of amides is 1. The van der Waals surface area contributed by atoms with Crippen molar-refractivity contribution in [3.8, 4) is 0 Å². The van der Waals surface area contributed by atoms with E-state index < -0.39 is 0 Å². The Hall–Kier alpha value is -1.35. The fourth-order valence-electron chi connectivity index (χ4n) is 5.59. The number of piperidine rings is 1. The molecule has 2 bridgehead atoms. The molecule has 3 aliphatic rings. The lowest BCUT2D eigenvalue weighted by atomic mass is 9.68. The molecule has 1 heterocycles. The molecular weight excluding hydrogens is 298 g/mol. The maximum Gasteiger partial charge on any atom is 0.229 e. The van der Waals surface area contributed by atoms with Crippen molar-refractivity contribution >= 4 is 5.91 Å². The van der Waals surface area contributed by atoms with Crippen molar-refractivity contribution in [3.05, 3.63) is 35.9 Å². The topological polar surface area (TPSA) is 40.5 Å². The molecule has 0 aromatic heterocycles. The average Bonchev–Trinajstić information content (AvgIpc) is 3.24. The van der Waals surface area contributed by atoms with Gasteiger partial charge in [-0.25, -0.2) is 0 Å². The first-order valence-corrected chi connectivity index (χ1v) is 9.65. The summed E-state index contributed by atoms with van der Waals surface area (Å²) in [4.78, 5) is 15.7. The Morgan fingerprint density at radius 1 is 1.12 bits per heavy atom. The van der Waals surface area contributed by atoms with Crippen LogP contribution >= 0.6 is 0 Å². The molecular formula is C21H29NO2. The predicted molar refractivity (Wildman–Crippen MR) is 94.4 cm³/mol. The molecule has 2 aliphatic carbocycles. The number of benzene rings is 1. The van der Waals surface area contributed by atoms with Gasteiger partial charge in [0, 0.05) is 19.7 Å². The summed E-state index contributed by atoms with van der Waals surface area (Å²) < 4.78 is 0. The molecule has 3 unspecified atom stereocenters. The maximum atomic E-state index is 13.6. The summed E-state index contributed by atoms with van der Waals surface area (Å²) in [7, 11) is 0. The van der Waals surface area contributed by atoms with Gasteiger partial charge in [-0.15, -0.1) is 0 Å². The molecule has 3 fully saturated rings. The van der Waals surface area contributed by atoms with Crippen LogP contribution in [0.4, 0.5) is 0 Å². The number of rotatable bonds is 4. The SMILES string of the molecule is O=C(N1CCC(CO)CC1)C1(Cc2ccccc2)CC2CCC1C2. The van der Waals surface area contributed by atoms with Crippen molar-refractivity contribution in [2.45, 2.75) is 44.9 Å². The second-order valence-corrected chi connectivity index (χ2v) is 8.32. The van der Waals surface area contributed by atoms with Gasteiger partial charge in [-0.05, 0) is 61.8 Å². The summed E-state index contributed by atoms with van der Waals surface area (Å²) in [6.07, 6.45) is 7.72. The van der Waals surface area contributed by atoms with Crippen LogP contribution in [0.5, 0.6) is 0 Å². The molecule has 1 amide bonds. The first-order chi connectivity index (χ1) is 11.7. The van der Waals surface area contributed by atoms with Gasteiger partial charge in [0.1, 0.15) is 0 Å². The second-order valence-electron chi connectivity index (χ2n) is 8.32. The summed E-state index contributed by atoms with van der Waals surface area (Å²) in [5, 5.41) is 9.36. The van der Waals surface area contributed by atoms with E-state index >= 15 is 0 Å². The van der Waals surface area contributed by atoms with E-state index in [4.69, 9.17) is 0 Å². The van der Waals surface area contributed by atoms with Crippen LogP contribution < -0.4 is 0 Å².